The molecular weight excluding hydrogens is 386 g/mol. The van der Waals surface area contributed by atoms with Gasteiger partial charge in [0.05, 0.1) is 4.90 Å². The smallest absolute Gasteiger partial charge is 0.243 e. The molecule has 0 spiro atoms. The molecule has 0 radical (unpaired) electrons. The second-order valence-electron chi connectivity index (χ2n) is 7.55. The van der Waals surface area contributed by atoms with E-state index in [0.717, 1.165) is 38.5 Å². The third-order valence-corrected chi connectivity index (χ3v) is 7.61. The molecule has 1 saturated carbocycles. The van der Waals surface area contributed by atoms with Crippen LogP contribution < -0.4 is 11.1 Å². The third kappa shape index (κ3) is 5.22. The van der Waals surface area contributed by atoms with Crippen LogP contribution in [0.1, 0.15) is 50.5 Å². The van der Waals surface area contributed by atoms with Gasteiger partial charge in [0.2, 0.25) is 15.9 Å². The Hall–Kier alpha value is -1.15. The molecule has 0 unspecified atom stereocenters. The van der Waals surface area contributed by atoms with Crippen LogP contribution in [0.4, 0.5) is 5.69 Å². The van der Waals surface area contributed by atoms with E-state index in [2.05, 4.69) is 5.32 Å². The number of sulfonamides is 1. The number of halogens is 1. The van der Waals surface area contributed by atoms with Crippen LogP contribution in [0, 0.1) is 12.8 Å². The van der Waals surface area contributed by atoms with E-state index >= 15 is 0 Å². The summed E-state index contributed by atoms with van der Waals surface area (Å²) in [6, 6.07) is 5.20. The normalized spacial score (nSPS) is 23.6. The highest BCUT2D eigenvalue weighted by Gasteiger charge is 2.28. The number of aryl methyl sites for hydroxylation is 1. The predicted octanol–water partition coefficient (Wildman–Crippen LogP) is 3.05. The van der Waals surface area contributed by atoms with Crippen molar-refractivity contribution in [1.29, 1.82) is 0 Å². The Morgan fingerprint density at radius 1 is 1.19 bits per heavy atom. The monoisotopic (exact) mass is 415 g/mol. The second-order valence-corrected chi connectivity index (χ2v) is 9.46. The third-order valence-electron chi connectivity index (χ3n) is 5.57. The average Bonchev–Trinajstić information content (AvgIpc) is 3.02. The van der Waals surface area contributed by atoms with Gasteiger partial charge < -0.3 is 11.1 Å². The van der Waals surface area contributed by atoms with E-state index in [9.17, 15) is 13.2 Å². The molecule has 2 fully saturated rings. The van der Waals surface area contributed by atoms with Crippen LogP contribution in [0.25, 0.3) is 0 Å². The lowest BCUT2D eigenvalue weighted by molar-refractivity contribution is -0.117. The molecule has 1 aliphatic carbocycles. The molecular formula is C19H30ClN3O3S. The molecule has 6 nitrogen and oxygen atoms in total. The molecule has 1 heterocycles. The predicted molar refractivity (Wildman–Crippen MR) is 110 cm³/mol. The first-order valence-corrected chi connectivity index (χ1v) is 11.0. The fourth-order valence-electron chi connectivity index (χ4n) is 3.97. The van der Waals surface area contributed by atoms with E-state index in [0.29, 0.717) is 30.8 Å². The first kappa shape index (κ1) is 22.1. The second kappa shape index (κ2) is 9.37. The van der Waals surface area contributed by atoms with E-state index in [-0.39, 0.29) is 35.2 Å². The lowest BCUT2D eigenvalue weighted by Gasteiger charge is -2.26. The number of nitrogens with one attached hydrogen (secondary N) is 1. The zero-order chi connectivity index (χ0) is 18.7. The van der Waals surface area contributed by atoms with Crippen LogP contribution in [0.3, 0.4) is 0 Å². The van der Waals surface area contributed by atoms with Crippen molar-refractivity contribution in [3.8, 4) is 0 Å². The van der Waals surface area contributed by atoms with Crippen molar-refractivity contribution in [2.75, 3.05) is 18.4 Å². The first-order valence-electron chi connectivity index (χ1n) is 9.54. The molecule has 1 aliphatic heterocycles. The summed E-state index contributed by atoms with van der Waals surface area (Å²) < 4.78 is 27.5. The van der Waals surface area contributed by atoms with Gasteiger partial charge in [-0.25, -0.2) is 8.42 Å². The van der Waals surface area contributed by atoms with Crippen LogP contribution in [-0.2, 0) is 14.8 Å². The van der Waals surface area contributed by atoms with E-state index in [4.69, 9.17) is 5.73 Å². The molecule has 1 aromatic carbocycles. The molecule has 8 heteroatoms. The first-order chi connectivity index (χ1) is 12.4. The number of hydrogen-bond acceptors (Lipinski definition) is 4. The maximum absolute atomic E-state index is 13.0. The van der Waals surface area contributed by atoms with Crippen molar-refractivity contribution in [2.45, 2.75) is 62.8 Å². The lowest BCUT2D eigenvalue weighted by atomic mass is 10.00. The fourth-order valence-corrected chi connectivity index (χ4v) is 5.74. The van der Waals surface area contributed by atoms with Gasteiger partial charge in [-0.3, -0.25) is 4.79 Å². The Morgan fingerprint density at radius 3 is 2.52 bits per heavy atom. The zero-order valence-corrected chi connectivity index (χ0v) is 17.4. The maximum atomic E-state index is 13.0. The summed E-state index contributed by atoms with van der Waals surface area (Å²) in [5.74, 6) is 0.120. The van der Waals surface area contributed by atoms with Crippen LogP contribution in [0.2, 0.25) is 0 Å². The SMILES string of the molecule is Cc1ccc(NC(=O)C[C@@H]2CCC[C@H]2N)cc1S(=O)(=O)N1CCCCC1.Cl. The number of nitrogens with two attached hydrogens (primary N) is 1. The number of nitrogens with zero attached hydrogens (tertiary/aromatic N) is 1. The number of carbonyl (C=O) groups excluding carboxylic acids is 1. The van der Waals surface area contributed by atoms with Gasteiger partial charge in [-0.15, -0.1) is 12.4 Å². The number of carbonyl (C=O) groups is 1. The Labute approximate surface area is 168 Å². The van der Waals surface area contributed by atoms with Crippen LogP contribution in [0.5, 0.6) is 0 Å². The minimum atomic E-state index is -3.52. The van der Waals surface area contributed by atoms with E-state index in [1.54, 1.807) is 29.4 Å². The Bertz CT molecular complexity index is 763. The zero-order valence-electron chi connectivity index (χ0n) is 15.8. The summed E-state index contributed by atoms with van der Waals surface area (Å²) in [7, 11) is -3.52. The van der Waals surface area contributed by atoms with Crippen molar-refractivity contribution >= 4 is 34.0 Å². The highest BCUT2D eigenvalue weighted by Crippen LogP contribution is 2.28. The standard InChI is InChI=1S/C19H29N3O3S.ClH/c1-14-8-9-16(21-19(23)12-15-6-5-7-17(15)20)13-18(14)26(24,25)22-10-3-2-4-11-22;/h8-9,13,15,17H,2-7,10-12,20H2,1H3,(H,21,23);1H/t15-,17+;/m0./s1. The van der Waals surface area contributed by atoms with E-state index < -0.39 is 10.0 Å². The van der Waals surface area contributed by atoms with Crippen molar-refractivity contribution in [3.05, 3.63) is 23.8 Å². The quantitative estimate of drug-likeness (QED) is 0.772. The van der Waals surface area contributed by atoms with Crippen molar-refractivity contribution in [2.24, 2.45) is 11.7 Å². The summed E-state index contributed by atoms with van der Waals surface area (Å²) in [5, 5.41) is 2.85. The molecule has 1 amide bonds. The minimum absolute atomic E-state index is 0. The van der Waals surface area contributed by atoms with Gasteiger partial charge in [-0.1, -0.05) is 18.9 Å². The number of anilines is 1. The van der Waals surface area contributed by atoms with Crippen LogP contribution in [0.15, 0.2) is 23.1 Å². The largest absolute Gasteiger partial charge is 0.327 e. The molecule has 0 bridgehead atoms. The van der Waals surface area contributed by atoms with Crippen LogP contribution >= 0.6 is 12.4 Å². The topological polar surface area (TPSA) is 92.5 Å². The number of rotatable bonds is 5. The number of piperidine rings is 1. The Morgan fingerprint density at radius 2 is 1.89 bits per heavy atom. The average molecular weight is 416 g/mol. The molecule has 1 saturated heterocycles. The Balaban J connectivity index is 0.00000261. The van der Waals surface area contributed by atoms with Crippen molar-refractivity contribution < 1.29 is 13.2 Å². The number of hydrogen-bond donors (Lipinski definition) is 2. The van der Waals surface area contributed by atoms with Gasteiger partial charge in [-0.2, -0.15) is 4.31 Å². The molecule has 3 N–H and O–H groups in total. The Kier molecular flexibility index (Phi) is 7.68. The lowest BCUT2D eigenvalue weighted by Crippen LogP contribution is -2.36. The number of benzene rings is 1. The van der Waals surface area contributed by atoms with E-state index in [1.165, 1.54) is 0 Å². The van der Waals surface area contributed by atoms with Gasteiger partial charge in [0.25, 0.3) is 0 Å². The van der Waals surface area contributed by atoms with Crippen molar-refractivity contribution in [1.82, 2.24) is 4.31 Å². The highest BCUT2D eigenvalue weighted by molar-refractivity contribution is 7.89. The van der Waals surface area contributed by atoms with Gasteiger partial charge in [0, 0.05) is 31.2 Å². The van der Waals surface area contributed by atoms with Gasteiger partial charge in [0.1, 0.15) is 0 Å². The summed E-state index contributed by atoms with van der Waals surface area (Å²) in [4.78, 5) is 12.6. The van der Waals surface area contributed by atoms with Gasteiger partial charge in [-0.05, 0) is 56.2 Å². The summed E-state index contributed by atoms with van der Waals surface area (Å²) in [6.07, 6.45) is 6.29. The highest BCUT2D eigenvalue weighted by atomic mass is 35.5. The molecule has 3 rings (SSSR count). The molecule has 152 valence electrons. The minimum Gasteiger partial charge on any atom is -0.327 e. The van der Waals surface area contributed by atoms with Crippen molar-refractivity contribution in [3.63, 3.8) is 0 Å². The van der Waals surface area contributed by atoms with Gasteiger partial charge >= 0.3 is 0 Å². The van der Waals surface area contributed by atoms with E-state index in [1.807, 2.05) is 0 Å². The maximum Gasteiger partial charge on any atom is 0.243 e. The molecule has 0 aromatic heterocycles. The van der Waals surface area contributed by atoms with Crippen LogP contribution in [-0.4, -0.2) is 37.8 Å². The molecule has 2 atom stereocenters. The molecule has 27 heavy (non-hydrogen) atoms. The number of amides is 1. The summed E-state index contributed by atoms with van der Waals surface area (Å²) in [5.41, 5.74) is 7.27. The fraction of sp³-hybridized carbons (Fsp3) is 0.632. The van der Waals surface area contributed by atoms with Gasteiger partial charge in [0.15, 0.2) is 0 Å². The summed E-state index contributed by atoms with van der Waals surface area (Å²) >= 11 is 0. The molecule has 2 aliphatic rings. The summed E-state index contributed by atoms with van der Waals surface area (Å²) in [6.45, 7) is 2.93. The molecule has 1 aromatic rings.